The molecule has 6 nitrogen and oxygen atoms in total. The van der Waals surface area contributed by atoms with E-state index in [0.29, 0.717) is 31.9 Å². The highest BCUT2D eigenvalue weighted by Crippen LogP contribution is 2.43. The number of rotatable bonds is 5. The topological polar surface area (TPSA) is 54.8 Å². The molecular formula is C20H29N3O3. The molecule has 1 amide bonds. The van der Waals surface area contributed by atoms with Gasteiger partial charge in [0.05, 0.1) is 12.0 Å². The molecule has 0 radical (unpaired) electrons. The Morgan fingerprint density at radius 3 is 2.88 bits per heavy atom. The van der Waals surface area contributed by atoms with Gasteiger partial charge < -0.3 is 14.2 Å². The summed E-state index contributed by atoms with van der Waals surface area (Å²) < 4.78 is 7.31. The molecule has 2 aliphatic rings. The molecule has 142 valence electrons. The number of amides is 1. The molecule has 0 aromatic carbocycles. The Kier molecular flexibility index (Phi) is 5.51. The fourth-order valence-electron chi connectivity index (χ4n) is 4.50. The molecule has 2 saturated heterocycles. The first kappa shape index (κ1) is 18.7. The number of carbonyl (C=O) groups is 2. The molecule has 0 unspecified atom stereocenters. The summed E-state index contributed by atoms with van der Waals surface area (Å²) in [6.07, 6.45) is 5.33. The Morgan fingerprint density at radius 2 is 2.23 bits per heavy atom. The van der Waals surface area contributed by atoms with E-state index in [1.54, 1.807) is 0 Å². The average molecular weight is 359 g/mol. The highest BCUT2D eigenvalue weighted by Gasteiger charge is 2.54. The lowest BCUT2D eigenvalue weighted by Crippen LogP contribution is -2.43. The molecule has 1 aromatic rings. The molecule has 6 heteroatoms. The van der Waals surface area contributed by atoms with Crippen molar-refractivity contribution < 1.29 is 14.3 Å². The lowest BCUT2D eigenvalue weighted by Gasteiger charge is -2.31. The zero-order valence-corrected chi connectivity index (χ0v) is 15.8. The number of hydrogen-bond donors (Lipinski definition) is 0. The van der Waals surface area contributed by atoms with Gasteiger partial charge in [0.2, 0.25) is 0 Å². The van der Waals surface area contributed by atoms with E-state index in [2.05, 4.69) is 11.5 Å². The van der Waals surface area contributed by atoms with E-state index < -0.39 is 5.41 Å². The number of ether oxygens (including phenoxy) is 1. The number of aromatic nitrogens is 1. The third-order valence-corrected chi connectivity index (χ3v) is 5.78. The van der Waals surface area contributed by atoms with E-state index in [4.69, 9.17) is 4.74 Å². The average Bonchev–Trinajstić information content (AvgIpc) is 3.13. The summed E-state index contributed by atoms with van der Waals surface area (Å²) in [6.45, 7) is 9.58. The molecular weight excluding hydrogens is 330 g/mol. The zero-order valence-electron chi connectivity index (χ0n) is 15.8. The highest BCUT2D eigenvalue weighted by molar-refractivity contribution is 5.93. The van der Waals surface area contributed by atoms with Gasteiger partial charge in [0.25, 0.3) is 5.91 Å². The predicted molar refractivity (Wildman–Crippen MR) is 99.7 cm³/mol. The van der Waals surface area contributed by atoms with Crippen molar-refractivity contribution in [2.75, 3.05) is 39.3 Å². The van der Waals surface area contributed by atoms with Crippen LogP contribution in [0.25, 0.3) is 0 Å². The van der Waals surface area contributed by atoms with Crippen molar-refractivity contribution in [1.29, 1.82) is 0 Å². The molecule has 26 heavy (non-hydrogen) atoms. The van der Waals surface area contributed by atoms with Gasteiger partial charge in [0, 0.05) is 51.9 Å². The summed E-state index contributed by atoms with van der Waals surface area (Å²) in [7, 11) is 1.88. The van der Waals surface area contributed by atoms with Crippen LogP contribution in [0.15, 0.2) is 31.0 Å². The van der Waals surface area contributed by atoms with E-state index in [-0.39, 0.29) is 17.8 Å². The van der Waals surface area contributed by atoms with Crippen molar-refractivity contribution in [3.05, 3.63) is 36.7 Å². The van der Waals surface area contributed by atoms with Gasteiger partial charge in [-0.25, -0.2) is 0 Å². The maximum atomic E-state index is 13.0. The van der Waals surface area contributed by atoms with Crippen LogP contribution in [0.4, 0.5) is 0 Å². The van der Waals surface area contributed by atoms with E-state index in [9.17, 15) is 9.59 Å². The number of carbonyl (C=O) groups excluding carboxylic acids is 2. The standard InChI is InChI=1S/C20H29N3O3/c1-4-10-22-13-16-14-23(18(24)17-8-6-11-21(17)3)12-7-9-20(16,15-22)19(25)26-5-2/h4,6,8,11,16H,1,5,7,9-10,12-15H2,2-3H3/t16-,20+/m1/s1. The minimum atomic E-state index is -0.512. The minimum Gasteiger partial charge on any atom is -0.466 e. The quantitative estimate of drug-likeness (QED) is 0.595. The van der Waals surface area contributed by atoms with Crippen LogP contribution in [0, 0.1) is 11.3 Å². The molecule has 0 saturated carbocycles. The molecule has 0 N–H and O–H groups in total. The normalized spacial score (nSPS) is 26.2. The number of fused-ring (bicyclic) bond motifs is 1. The molecule has 0 spiro atoms. The second kappa shape index (κ2) is 7.66. The van der Waals surface area contributed by atoms with Crippen molar-refractivity contribution in [3.8, 4) is 0 Å². The lowest BCUT2D eigenvalue weighted by molar-refractivity contribution is -0.157. The van der Waals surface area contributed by atoms with Crippen molar-refractivity contribution in [1.82, 2.24) is 14.4 Å². The third kappa shape index (κ3) is 3.30. The fourth-order valence-corrected chi connectivity index (χ4v) is 4.50. The number of aryl methyl sites for hydroxylation is 1. The Hall–Kier alpha value is -2.08. The highest BCUT2D eigenvalue weighted by atomic mass is 16.5. The first-order valence-electron chi connectivity index (χ1n) is 9.43. The summed E-state index contributed by atoms with van der Waals surface area (Å²) >= 11 is 0. The van der Waals surface area contributed by atoms with E-state index >= 15 is 0 Å². The third-order valence-electron chi connectivity index (χ3n) is 5.78. The van der Waals surface area contributed by atoms with Crippen molar-refractivity contribution in [2.24, 2.45) is 18.4 Å². The van der Waals surface area contributed by atoms with Crippen molar-refractivity contribution >= 4 is 11.9 Å². The summed E-state index contributed by atoms with van der Waals surface area (Å²) in [4.78, 5) is 30.0. The van der Waals surface area contributed by atoms with Gasteiger partial charge in [-0.2, -0.15) is 0 Å². The van der Waals surface area contributed by atoms with Gasteiger partial charge in [-0.1, -0.05) is 6.08 Å². The molecule has 2 aliphatic heterocycles. The Labute approximate surface area is 155 Å². The van der Waals surface area contributed by atoms with Gasteiger partial charge >= 0.3 is 5.97 Å². The van der Waals surface area contributed by atoms with Crippen LogP contribution in [-0.2, 0) is 16.6 Å². The molecule has 1 aromatic heterocycles. The predicted octanol–water partition coefficient (Wildman–Crippen LogP) is 1.93. The number of likely N-dealkylation sites (tertiary alicyclic amines) is 2. The Balaban J connectivity index is 1.85. The van der Waals surface area contributed by atoms with Gasteiger partial charge in [-0.3, -0.25) is 14.5 Å². The first-order valence-corrected chi connectivity index (χ1v) is 9.43. The molecule has 0 aliphatic carbocycles. The van der Waals surface area contributed by atoms with Crippen LogP contribution < -0.4 is 0 Å². The molecule has 0 bridgehead atoms. The number of nitrogens with zero attached hydrogens (tertiary/aromatic N) is 3. The Morgan fingerprint density at radius 1 is 1.42 bits per heavy atom. The van der Waals surface area contributed by atoms with Crippen LogP contribution >= 0.6 is 0 Å². The van der Waals surface area contributed by atoms with Crippen LogP contribution in [0.5, 0.6) is 0 Å². The van der Waals surface area contributed by atoms with Gasteiger partial charge in [0.1, 0.15) is 5.69 Å². The number of esters is 1. The maximum absolute atomic E-state index is 13.0. The van der Waals surface area contributed by atoms with Gasteiger partial charge in [0.15, 0.2) is 0 Å². The number of hydrogen-bond acceptors (Lipinski definition) is 4. The molecule has 2 fully saturated rings. The summed E-state index contributed by atoms with van der Waals surface area (Å²) in [6, 6.07) is 3.74. The second-order valence-electron chi connectivity index (χ2n) is 7.42. The monoisotopic (exact) mass is 359 g/mol. The molecule has 2 atom stereocenters. The molecule has 3 rings (SSSR count). The smallest absolute Gasteiger partial charge is 0.313 e. The van der Waals surface area contributed by atoms with Crippen LogP contribution in [-0.4, -0.2) is 65.6 Å². The van der Waals surface area contributed by atoms with Crippen LogP contribution in [0.3, 0.4) is 0 Å². The second-order valence-corrected chi connectivity index (χ2v) is 7.42. The molecule has 3 heterocycles. The van der Waals surface area contributed by atoms with Crippen LogP contribution in [0.2, 0.25) is 0 Å². The van der Waals surface area contributed by atoms with Crippen LogP contribution in [0.1, 0.15) is 30.3 Å². The Bertz CT molecular complexity index is 684. The SMILES string of the molecule is C=CCN1C[C@@H]2CN(C(=O)c3cccn3C)CCC[C@]2(C(=O)OCC)C1. The summed E-state index contributed by atoms with van der Waals surface area (Å²) in [5, 5.41) is 0. The zero-order chi connectivity index (χ0) is 18.7. The van der Waals surface area contributed by atoms with Crippen molar-refractivity contribution in [2.45, 2.75) is 19.8 Å². The van der Waals surface area contributed by atoms with E-state index in [1.807, 2.05) is 47.8 Å². The van der Waals surface area contributed by atoms with Gasteiger partial charge in [-0.15, -0.1) is 6.58 Å². The first-order chi connectivity index (χ1) is 12.5. The lowest BCUT2D eigenvalue weighted by atomic mass is 9.75. The van der Waals surface area contributed by atoms with E-state index in [0.717, 1.165) is 25.9 Å². The largest absolute Gasteiger partial charge is 0.466 e. The minimum absolute atomic E-state index is 0.0410. The van der Waals surface area contributed by atoms with Crippen molar-refractivity contribution in [3.63, 3.8) is 0 Å². The maximum Gasteiger partial charge on any atom is 0.313 e. The fraction of sp³-hybridized carbons (Fsp3) is 0.600. The summed E-state index contributed by atoms with van der Waals surface area (Å²) in [5.74, 6) is 0.0253. The summed E-state index contributed by atoms with van der Waals surface area (Å²) in [5.41, 5.74) is 0.178. The van der Waals surface area contributed by atoms with Gasteiger partial charge in [-0.05, 0) is 31.9 Å². The van der Waals surface area contributed by atoms with E-state index in [1.165, 1.54) is 0 Å².